The van der Waals surface area contributed by atoms with Crippen molar-refractivity contribution in [1.29, 1.82) is 0 Å². The minimum atomic E-state index is 0.400. The van der Waals surface area contributed by atoms with Gasteiger partial charge < -0.3 is 10.0 Å². The highest BCUT2D eigenvalue weighted by molar-refractivity contribution is 5.40. The van der Waals surface area contributed by atoms with Crippen LogP contribution in [0.1, 0.15) is 6.42 Å². The van der Waals surface area contributed by atoms with Crippen molar-refractivity contribution in [2.45, 2.75) is 12.5 Å². The van der Waals surface area contributed by atoms with Gasteiger partial charge in [-0.1, -0.05) is 0 Å². The monoisotopic (exact) mass is 139 g/mol. The van der Waals surface area contributed by atoms with Gasteiger partial charge in [-0.05, 0) is 30.7 Å². The number of fused-ring (bicyclic) bond motifs is 1. The van der Waals surface area contributed by atoms with Crippen LogP contribution in [-0.4, -0.2) is 36.2 Å². The molecule has 2 heteroatoms. The molecular weight excluding hydrogens is 126 g/mol. The third-order valence-electron chi connectivity index (χ3n) is 3.92. The topological polar surface area (TPSA) is 23.5 Å². The lowest BCUT2D eigenvalue weighted by molar-refractivity contribution is 0.254. The van der Waals surface area contributed by atoms with E-state index in [4.69, 9.17) is 5.11 Å². The van der Waals surface area contributed by atoms with Crippen LogP contribution >= 0.6 is 0 Å². The highest BCUT2D eigenvalue weighted by Gasteiger charge is 2.90. The number of aliphatic hydroxyl groups excluding tert-OH is 1. The molecule has 4 aliphatic rings. The summed E-state index contributed by atoms with van der Waals surface area (Å²) < 4.78 is 0. The Labute approximate surface area is 60.8 Å². The molecule has 2 aliphatic carbocycles. The van der Waals surface area contributed by atoms with Crippen LogP contribution in [0.3, 0.4) is 0 Å². The van der Waals surface area contributed by atoms with Crippen LogP contribution in [0.15, 0.2) is 0 Å². The summed E-state index contributed by atoms with van der Waals surface area (Å²) in [5, 5.41) is 8.80. The van der Waals surface area contributed by atoms with E-state index in [-0.39, 0.29) is 0 Å². The lowest BCUT2D eigenvalue weighted by atomic mass is 10.0. The van der Waals surface area contributed by atoms with E-state index >= 15 is 0 Å². The third kappa shape index (κ3) is 0.330. The molecule has 2 nitrogen and oxygen atoms in total. The maximum atomic E-state index is 8.80. The summed E-state index contributed by atoms with van der Waals surface area (Å²) in [6.45, 7) is 1.70. The highest BCUT2D eigenvalue weighted by atomic mass is 16.3. The quantitative estimate of drug-likeness (QED) is 0.579. The number of hydrogen-bond acceptors (Lipinski definition) is 2. The standard InChI is InChI=1S/C8H13NO/c1-9-4-5-6-7(9)8(5,6)2-3-10/h5-7,10H,2-4H2,1H3/t5-,6-,7?,8+/m0/s1. The molecule has 0 amide bonds. The molecule has 4 rings (SSSR count). The van der Waals surface area contributed by atoms with Crippen LogP contribution in [0.5, 0.6) is 0 Å². The highest BCUT2D eigenvalue weighted by Crippen LogP contribution is 2.86. The van der Waals surface area contributed by atoms with Gasteiger partial charge >= 0.3 is 0 Å². The molecule has 2 aliphatic heterocycles. The van der Waals surface area contributed by atoms with E-state index in [2.05, 4.69) is 11.9 Å². The van der Waals surface area contributed by atoms with E-state index in [0.29, 0.717) is 12.0 Å². The molecule has 1 unspecified atom stereocenters. The van der Waals surface area contributed by atoms with Crippen LogP contribution in [0.25, 0.3) is 0 Å². The first-order chi connectivity index (χ1) is 4.82. The van der Waals surface area contributed by atoms with Crippen molar-refractivity contribution in [2.24, 2.45) is 17.3 Å². The molecule has 10 heavy (non-hydrogen) atoms. The van der Waals surface area contributed by atoms with Gasteiger partial charge in [0.15, 0.2) is 0 Å². The average Bonchev–Trinajstić information content (AvgIpc) is 2.59. The Bertz CT molecular complexity index is 188. The molecule has 56 valence electrons. The number of rotatable bonds is 2. The van der Waals surface area contributed by atoms with Crippen molar-refractivity contribution in [3.05, 3.63) is 0 Å². The SMILES string of the molecule is CN1C[C@H]2[C@H]3C1[C@@]32CCO. The predicted octanol–water partition coefficient (Wildman–Crippen LogP) is -0.0712. The molecule has 2 saturated carbocycles. The zero-order valence-corrected chi connectivity index (χ0v) is 6.25. The second-order valence-corrected chi connectivity index (χ2v) is 4.10. The van der Waals surface area contributed by atoms with Crippen LogP contribution in [0, 0.1) is 17.3 Å². The molecule has 0 aromatic heterocycles. The summed E-state index contributed by atoms with van der Waals surface area (Å²) in [4.78, 5) is 2.46. The van der Waals surface area contributed by atoms with E-state index in [0.717, 1.165) is 24.3 Å². The molecule has 0 aromatic rings. The summed E-state index contributed by atoms with van der Waals surface area (Å²) in [6.07, 6.45) is 1.07. The zero-order valence-electron chi connectivity index (χ0n) is 6.25. The summed E-state index contributed by atoms with van der Waals surface area (Å²) in [5.41, 5.74) is 0.642. The fourth-order valence-electron chi connectivity index (χ4n) is 3.45. The van der Waals surface area contributed by atoms with Gasteiger partial charge in [0.05, 0.1) is 0 Å². The second kappa shape index (κ2) is 1.28. The van der Waals surface area contributed by atoms with Crippen molar-refractivity contribution < 1.29 is 5.11 Å². The first-order valence-corrected chi connectivity index (χ1v) is 4.13. The molecule has 2 saturated heterocycles. The minimum Gasteiger partial charge on any atom is -0.396 e. The third-order valence-corrected chi connectivity index (χ3v) is 3.92. The van der Waals surface area contributed by atoms with Crippen molar-refractivity contribution in [3.63, 3.8) is 0 Å². The Morgan fingerprint density at radius 3 is 2.90 bits per heavy atom. The molecular formula is C8H13NO. The first-order valence-electron chi connectivity index (χ1n) is 4.13. The average molecular weight is 139 g/mol. The Kier molecular flexibility index (Phi) is 0.710. The van der Waals surface area contributed by atoms with E-state index < -0.39 is 0 Å². The molecule has 0 radical (unpaired) electrons. The molecule has 0 spiro atoms. The van der Waals surface area contributed by atoms with Crippen molar-refractivity contribution in [2.75, 3.05) is 20.2 Å². The van der Waals surface area contributed by atoms with Gasteiger partial charge in [0.25, 0.3) is 0 Å². The summed E-state index contributed by atoms with van der Waals surface area (Å²) >= 11 is 0. The van der Waals surface area contributed by atoms with Crippen LogP contribution < -0.4 is 0 Å². The number of nitrogens with zero attached hydrogens (tertiary/aromatic N) is 1. The van der Waals surface area contributed by atoms with Crippen LogP contribution in [-0.2, 0) is 0 Å². The Balaban J connectivity index is 1.80. The van der Waals surface area contributed by atoms with Gasteiger partial charge in [0.1, 0.15) is 0 Å². The fraction of sp³-hybridized carbons (Fsp3) is 1.00. The lowest BCUT2D eigenvalue weighted by Gasteiger charge is -2.08. The van der Waals surface area contributed by atoms with Crippen LogP contribution in [0.2, 0.25) is 0 Å². The van der Waals surface area contributed by atoms with E-state index in [1.807, 2.05) is 0 Å². The first kappa shape index (κ1) is 5.56. The largest absolute Gasteiger partial charge is 0.396 e. The Morgan fingerprint density at radius 1 is 1.70 bits per heavy atom. The number of hydrogen-bond donors (Lipinski definition) is 1. The molecule has 4 fully saturated rings. The van der Waals surface area contributed by atoms with E-state index in [1.165, 1.54) is 6.54 Å². The van der Waals surface area contributed by atoms with E-state index in [1.54, 1.807) is 0 Å². The maximum absolute atomic E-state index is 8.80. The molecule has 2 bridgehead atoms. The Hall–Kier alpha value is -0.0800. The van der Waals surface area contributed by atoms with Gasteiger partial charge in [-0.25, -0.2) is 0 Å². The van der Waals surface area contributed by atoms with Gasteiger partial charge in [-0.15, -0.1) is 0 Å². The van der Waals surface area contributed by atoms with Crippen molar-refractivity contribution >= 4 is 0 Å². The normalized spacial score (nSPS) is 62.4. The van der Waals surface area contributed by atoms with Gasteiger partial charge in [-0.2, -0.15) is 0 Å². The Morgan fingerprint density at radius 2 is 2.50 bits per heavy atom. The number of aliphatic hydroxyl groups is 1. The summed E-state index contributed by atoms with van der Waals surface area (Å²) in [5.74, 6) is 1.99. The number of piperidine rings is 1. The van der Waals surface area contributed by atoms with Crippen LogP contribution in [0.4, 0.5) is 0 Å². The lowest BCUT2D eigenvalue weighted by Crippen LogP contribution is -2.16. The second-order valence-electron chi connectivity index (χ2n) is 4.10. The van der Waals surface area contributed by atoms with Gasteiger partial charge in [-0.3, -0.25) is 0 Å². The predicted molar refractivity (Wildman–Crippen MR) is 37.5 cm³/mol. The molecule has 0 aromatic carbocycles. The fourth-order valence-corrected chi connectivity index (χ4v) is 3.45. The van der Waals surface area contributed by atoms with Gasteiger partial charge in [0, 0.05) is 19.2 Å². The smallest absolute Gasteiger partial charge is 0.0437 e. The summed E-state index contributed by atoms with van der Waals surface area (Å²) in [6, 6.07) is 0.879. The van der Waals surface area contributed by atoms with Crippen molar-refractivity contribution in [3.8, 4) is 0 Å². The minimum absolute atomic E-state index is 0.400. The van der Waals surface area contributed by atoms with Gasteiger partial charge in [0.2, 0.25) is 0 Å². The zero-order chi connectivity index (χ0) is 6.93. The van der Waals surface area contributed by atoms with E-state index in [9.17, 15) is 0 Å². The molecule has 1 N–H and O–H groups in total. The maximum Gasteiger partial charge on any atom is 0.0437 e. The molecule has 4 atom stereocenters. The molecule has 2 heterocycles. The summed E-state index contributed by atoms with van der Waals surface area (Å²) in [7, 11) is 2.21. The van der Waals surface area contributed by atoms with Crippen molar-refractivity contribution in [1.82, 2.24) is 4.90 Å².